The van der Waals surface area contributed by atoms with E-state index in [4.69, 9.17) is 4.42 Å². The molecule has 1 fully saturated rings. The van der Waals surface area contributed by atoms with Crippen LogP contribution < -0.4 is 4.90 Å². The fraction of sp³-hybridized carbons (Fsp3) is 0.217. The first-order valence-corrected chi connectivity index (χ1v) is 11.2. The van der Waals surface area contributed by atoms with E-state index >= 15 is 0 Å². The molecule has 0 N–H and O–H groups in total. The minimum atomic E-state index is -4.71. The Labute approximate surface area is 203 Å². The minimum Gasteiger partial charge on any atom is -0.472 e. The summed E-state index contributed by atoms with van der Waals surface area (Å²) in [4.78, 5) is 20.4. The predicted molar refractivity (Wildman–Crippen MR) is 120 cm³/mol. The van der Waals surface area contributed by atoms with Gasteiger partial charge >= 0.3 is 6.18 Å². The Hall–Kier alpha value is -3.41. The molecular formula is C23H16BrF5N4O2. The Kier molecular flexibility index (Phi) is 5.78. The Morgan fingerprint density at radius 3 is 2.29 bits per heavy atom. The van der Waals surface area contributed by atoms with Crippen molar-refractivity contribution in [2.24, 2.45) is 0 Å². The highest BCUT2D eigenvalue weighted by Gasteiger charge is 2.37. The molecule has 0 radical (unpaired) electrons. The zero-order valence-electron chi connectivity index (χ0n) is 17.8. The third kappa shape index (κ3) is 4.38. The second-order valence-electron chi connectivity index (χ2n) is 8.00. The first-order chi connectivity index (χ1) is 16.6. The van der Waals surface area contributed by atoms with Gasteiger partial charge in [-0.05, 0) is 40.2 Å². The zero-order chi connectivity index (χ0) is 24.9. The van der Waals surface area contributed by atoms with Crippen molar-refractivity contribution in [1.29, 1.82) is 0 Å². The molecule has 6 nitrogen and oxygen atoms in total. The zero-order valence-corrected chi connectivity index (χ0v) is 19.4. The van der Waals surface area contributed by atoms with Crippen molar-refractivity contribution in [3.8, 4) is 11.1 Å². The molecule has 0 saturated carbocycles. The van der Waals surface area contributed by atoms with Gasteiger partial charge in [0.05, 0.1) is 18.1 Å². The van der Waals surface area contributed by atoms with Gasteiger partial charge in [-0.2, -0.15) is 13.2 Å². The van der Waals surface area contributed by atoms with Gasteiger partial charge in [0.2, 0.25) is 0 Å². The number of carbonyl (C=O) groups excluding carboxylic acids is 1. The number of benzene rings is 1. The molecule has 182 valence electrons. The maximum absolute atomic E-state index is 13.9. The van der Waals surface area contributed by atoms with E-state index in [9.17, 15) is 26.7 Å². The largest absolute Gasteiger partial charge is 0.472 e. The van der Waals surface area contributed by atoms with Gasteiger partial charge in [-0.1, -0.05) is 0 Å². The average Bonchev–Trinajstić information content (AvgIpc) is 3.45. The van der Waals surface area contributed by atoms with Crippen LogP contribution in [0.15, 0.2) is 58.1 Å². The topological polar surface area (TPSA) is 54.0 Å². The van der Waals surface area contributed by atoms with Crippen molar-refractivity contribution < 1.29 is 31.2 Å². The Balaban J connectivity index is 1.45. The fourth-order valence-corrected chi connectivity index (χ4v) is 4.62. The average molecular weight is 555 g/mol. The summed E-state index contributed by atoms with van der Waals surface area (Å²) in [7, 11) is 0. The number of fused-ring (bicyclic) bond motifs is 1. The molecule has 1 aliphatic heterocycles. The van der Waals surface area contributed by atoms with Crippen LogP contribution in [0.2, 0.25) is 0 Å². The molecule has 4 aromatic rings. The van der Waals surface area contributed by atoms with Gasteiger partial charge in [0.1, 0.15) is 16.2 Å². The molecule has 1 saturated heterocycles. The smallest absolute Gasteiger partial charge is 0.420 e. The van der Waals surface area contributed by atoms with Gasteiger partial charge in [0.15, 0.2) is 11.3 Å². The molecule has 0 spiro atoms. The second-order valence-corrected chi connectivity index (χ2v) is 8.76. The molecule has 0 aliphatic carbocycles. The highest BCUT2D eigenvalue weighted by molar-refractivity contribution is 9.10. The molecule has 1 aliphatic rings. The van der Waals surface area contributed by atoms with E-state index in [0.717, 1.165) is 12.1 Å². The van der Waals surface area contributed by atoms with Crippen molar-refractivity contribution in [1.82, 2.24) is 14.3 Å². The van der Waals surface area contributed by atoms with Gasteiger partial charge < -0.3 is 14.2 Å². The SMILES string of the molecule is O=C(c1nc2c(C(F)(F)F)cc(-c3ccoc3)cn2c1Br)N1CCN(c2cc(F)cc(F)c2)CC1. The van der Waals surface area contributed by atoms with Crippen molar-refractivity contribution in [3.05, 3.63) is 76.6 Å². The van der Waals surface area contributed by atoms with Crippen LogP contribution >= 0.6 is 15.9 Å². The second kappa shape index (κ2) is 8.67. The van der Waals surface area contributed by atoms with Crippen LogP contribution in [-0.2, 0) is 6.18 Å². The predicted octanol–water partition coefficient (Wildman–Crippen LogP) is 5.62. The molecule has 3 aromatic heterocycles. The third-order valence-electron chi connectivity index (χ3n) is 5.80. The number of aromatic nitrogens is 2. The van der Waals surface area contributed by atoms with Gasteiger partial charge in [-0.3, -0.25) is 9.20 Å². The normalized spacial score (nSPS) is 14.7. The standard InChI is InChI=1S/C23H16BrF5N4O2/c24-20-19(22(34)32-4-2-31(3-5-32)17-9-15(25)8-16(26)10-17)30-21-18(23(27,28)29)7-14(11-33(20)21)13-1-6-35-12-13/h1,6-12H,2-5H2. The summed E-state index contributed by atoms with van der Waals surface area (Å²) in [6, 6.07) is 5.68. The number of carbonyl (C=O) groups is 1. The highest BCUT2D eigenvalue weighted by atomic mass is 79.9. The number of anilines is 1. The highest BCUT2D eigenvalue weighted by Crippen LogP contribution is 2.37. The molecule has 0 atom stereocenters. The van der Waals surface area contributed by atoms with Crippen molar-refractivity contribution in [2.45, 2.75) is 6.18 Å². The fourth-order valence-electron chi connectivity index (χ4n) is 4.09. The van der Waals surface area contributed by atoms with E-state index < -0.39 is 34.9 Å². The number of furan rings is 1. The molecule has 0 unspecified atom stereocenters. The van der Waals surface area contributed by atoms with Crippen molar-refractivity contribution >= 4 is 33.2 Å². The summed E-state index contributed by atoms with van der Waals surface area (Å²) in [6.45, 7) is 0.976. The minimum absolute atomic E-state index is 0.0861. The van der Waals surface area contributed by atoms with Gasteiger partial charge in [0.25, 0.3) is 5.91 Å². The van der Waals surface area contributed by atoms with Crippen LogP contribution in [0, 0.1) is 11.6 Å². The molecule has 0 bridgehead atoms. The van der Waals surface area contributed by atoms with Crippen LogP contribution in [0.5, 0.6) is 0 Å². The number of nitrogens with zero attached hydrogens (tertiary/aromatic N) is 4. The number of hydrogen-bond donors (Lipinski definition) is 0. The van der Waals surface area contributed by atoms with E-state index in [1.54, 1.807) is 4.90 Å². The first-order valence-electron chi connectivity index (χ1n) is 10.4. The number of alkyl halides is 3. The summed E-state index contributed by atoms with van der Waals surface area (Å²) in [5.41, 5.74) is -0.527. The maximum atomic E-state index is 13.9. The van der Waals surface area contributed by atoms with Gasteiger partial charge in [-0.25, -0.2) is 13.8 Å². The molecule has 1 amide bonds. The number of piperazine rings is 1. The molecule has 1 aromatic carbocycles. The van der Waals surface area contributed by atoms with E-state index in [-0.39, 0.29) is 42.0 Å². The monoisotopic (exact) mass is 554 g/mol. The van der Waals surface area contributed by atoms with Gasteiger partial charge in [0, 0.05) is 55.3 Å². The lowest BCUT2D eigenvalue weighted by atomic mass is 10.1. The van der Waals surface area contributed by atoms with Crippen molar-refractivity contribution in [3.63, 3.8) is 0 Å². The number of imidazole rings is 1. The number of hydrogen-bond acceptors (Lipinski definition) is 4. The van der Waals surface area contributed by atoms with E-state index in [2.05, 4.69) is 20.9 Å². The third-order valence-corrected chi connectivity index (χ3v) is 6.56. The lowest BCUT2D eigenvalue weighted by molar-refractivity contribution is -0.136. The quantitative estimate of drug-likeness (QED) is 0.309. The Morgan fingerprint density at radius 1 is 1.00 bits per heavy atom. The Morgan fingerprint density at radius 2 is 1.69 bits per heavy atom. The van der Waals surface area contributed by atoms with Gasteiger partial charge in [-0.15, -0.1) is 0 Å². The lowest BCUT2D eigenvalue weighted by Crippen LogP contribution is -2.49. The lowest BCUT2D eigenvalue weighted by Gasteiger charge is -2.35. The molecular weight excluding hydrogens is 539 g/mol. The van der Waals surface area contributed by atoms with E-state index in [0.29, 0.717) is 11.3 Å². The van der Waals surface area contributed by atoms with E-state index in [1.165, 1.54) is 46.2 Å². The summed E-state index contributed by atoms with van der Waals surface area (Å²) >= 11 is 3.25. The summed E-state index contributed by atoms with van der Waals surface area (Å²) in [5, 5.41) is 0. The maximum Gasteiger partial charge on any atom is 0.420 e. The molecule has 12 heteroatoms. The molecule has 4 heterocycles. The van der Waals surface area contributed by atoms with Crippen LogP contribution in [0.4, 0.5) is 27.6 Å². The number of amides is 1. The summed E-state index contributed by atoms with van der Waals surface area (Å²) < 4.78 is 74.9. The van der Waals surface area contributed by atoms with Crippen LogP contribution in [-0.4, -0.2) is 46.4 Å². The number of rotatable bonds is 3. The van der Waals surface area contributed by atoms with E-state index in [1.807, 2.05) is 0 Å². The number of halogens is 6. The summed E-state index contributed by atoms with van der Waals surface area (Å²) in [6.07, 6.45) is -0.595. The van der Waals surface area contributed by atoms with Crippen molar-refractivity contribution in [2.75, 3.05) is 31.1 Å². The Bertz CT molecular complexity index is 1390. The first kappa shape index (κ1) is 23.3. The van der Waals surface area contributed by atoms with Crippen LogP contribution in [0.25, 0.3) is 16.8 Å². The number of pyridine rings is 1. The van der Waals surface area contributed by atoms with Crippen LogP contribution in [0.1, 0.15) is 16.1 Å². The molecule has 35 heavy (non-hydrogen) atoms. The summed E-state index contributed by atoms with van der Waals surface area (Å²) in [5.74, 6) is -1.96. The molecule has 5 rings (SSSR count). The van der Waals surface area contributed by atoms with Crippen LogP contribution in [0.3, 0.4) is 0 Å².